The monoisotopic (exact) mass is 386 g/mol. The number of amides is 2. The van der Waals surface area contributed by atoms with Crippen molar-refractivity contribution in [1.29, 1.82) is 0 Å². The van der Waals surface area contributed by atoms with Crippen molar-refractivity contribution in [2.45, 2.75) is 38.6 Å². The van der Waals surface area contributed by atoms with Gasteiger partial charge in [-0.15, -0.1) is 0 Å². The van der Waals surface area contributed by atoms with Crippen molar-refractivity contribution in [1.82, 2.24) is 5.32 Å². The number of carbonyl (C=O) groups is 2. The number of benzene rings is 2. The molecule has 0 radical (unpaired) electrons. The Labute approximate surface area is 164 Å². The van der Waals surface area contributed by atoms with Crippen molar-refractivity contribution in [2.75, 3.05) is 12.4 Å². The molecule has 1 aliphatic rings. The first kappa shape index (κ1) is 19.2. The molecule has 1 aliphatic carbocycles. The van der Waals surface area contributed by atoms with Crippen LogP contribution in [-0.4, -0.2) is 25.0 Å². The standard InChI is InChI=1S/C21H23ClN2O3/c1-13-10-18(19(27-2)12-17(13)22)24-21(26)15-7-5-6-14(11-15)20(25)23-16-8-3-4-9-16/h5-7,10-12,16H,3-4,8-9H2,1-2H3,(H,23,25)(H,24,26). The number of aryl methyl sites for hydroxylation is 1. The fourth-order valence-corrected chi connectivity index (χ4v) is 3.42. The molecule has 2 aromatic rings. The second kappa shape index (κ2) is 8.44. The van der Waals surface area contributed by atoms with Crippen LogP contribution in [0.25, 0.3) is 0 Å². The Bertz CT molecular complexity index is 861. The number of halogens is 1. The summed E-state index contributed by atoms with van der Waals surface area (Å²) in [5, 5.41) is 6.43. The first-order chi connectivity index (χ1) is 13.0. The summed E-state index contributed by atoms with van der Waals surface area (Å²) in [7, 11) is 1.52. The summed E-state index contributed by atoms with van der Waals surface area (Å²) >= 11 is 6.11. The average Bonchev–Trinajstić information content (AvgIpc) is 3.17. The summed E-state index contributed by atoms with van der Waals surface area (Å²) in [6.07, 6.45) is 4.33. The van der Waals surface area contributed by atoms with Crippen LogP contribution in [-0.2, 0) is 0 Å². The minimum Gasteiger partial charge on any atom is -0.495 e. The van der Waals surface area contributed by atoms with Gasteiger partial charge in [0, 0.05) is 28.3 Å². The van der Waals surface area contributed by atoms with Crippen LogP contribution < -0.4 is 15.4 Å². The number of anilines is 1. The molecule has 0 bridgehead atoms. The molecule has 3 rings (SSSR count). The van der Waals surface area contributed by atoms with Gasteiger partial charge in [0.05, 0.1) is 12.8 Å². The molecule has 0 spiro atoms. The van der Waals surface area contributed by atoms with Crippen molar-refractivity contribution in [2.24, 2.45) is 0 Å². The lowest BCUT2D eigenvalue weighted by molar-refractivity contribution is 0.0938. The maximum atomic E-state index is 12.7. The second-order valence-electron chi connectivity index (χ2n) is 6.79. The molecule has 0 unspecified atom stereocenters. The molecule has 1 saturated carbocycles. The third-order valence-electron chi connectivity index (χ3n) is 4.81. The summed E-state index contributed by atoms with van der Waals surface area (Å²) in [5.74, 6) is 0.0242. The van der Waals surface area contributed by atoms with E-state index < -0.39 is 0 Å². The van der Waals surface area contributed by atoms with E-state index in [-0.39, 0.29) is 17.9 Å². The Morgan fingerprint density at radius 1 is 1.07 bits per heavy atom. The highest BCUT2D eigenvalue weighted by molar-refractivity contribution is 6.31. The lowest BCUT2D eigenvalue weighted by Crippen LogP contribution is -2.32. The number of methoxy groups -OCH3 is 1. The third kappa shape index (κ3) is 4.61. The van der Waals surface area contributed by atoms with E-state index in [0.29, 0.717) is 27.6 Å². The summed E-state index contributed by atoms with van der Waals surface area (Å²) in [6, 6.07) is 10.4. The molecule has 2 aromatic carbocycles. The first-order valence-electron chi connectivity index (χ1n) is 9.04. The summed E-state index contributed by atoms with van der Waals surface area (Å²) in [4.78, 5) is 25.1. The summed E-state index contributed by atoms with van der Waals surface area (Å²) in [5.41, 5.74) is 2.25. The van der Waals surface area contributed by atoms with E-state index in [1.54, 1.807) is 36.4 Å². The summed E-state index contributed by atoms with van der Waals surface area (Å²) in [6.45, 7) is 1.85. The molecule has 0 heterocycles. The van der Waals surface area contributed by atoms with E-state index in [2.05, 4.69) is 10.6 Å². The van der Waals surface area contributed by atoms with Gasteiger partial charge in [0.2, 0.25) is 0 Å². The lowest BCUT2D eigenvalue weighted by Gasteiger charge is -2.14. The predicted molar refractivity (Wildman–Crippen MR) is 107 cm³/mol. The van der Waals surface area contributed by atoms with Gasteiger partial charge in [-0.2, -0.15) is 0 Å². The molecule has 0 saturated heterocycles. The van der Waals surface area contributed by atoms with Crippen LogP contribution in [0.4, 0.5) is 5.69 Å². The van der Waals surface area contributed by atoms with Crippen LogP contribution in [0.2, 0.25) is 5.02 Å². The quantitative estimate of drug-likeness (QED) is 0.790. The Hall–Kier alpha value is -2.53. The maximum Gasteiger partial charge on any atom is 0.255 e. The first-order valence-corrected chi connectivity index (χ1v) is 9.42. The van der Waals surface area contributed by atoms with Crippen LogP contribution in [0.3, 0.4) is 0 Å². The number of ether oxygens (including phenoxy) is 1. The number of carbonyl (C=O) groups excluding carboxylic acids is 2. The van der Waals surface area contributed by atoms with Gasteiger partial charge in [0.1, 0.15) is 5.75 Å². The number of nitrogens with one attached hydrogen (secondary N) is 2. The van der Waals surface area contributed by atoms with Crippen LogP contribution >= 0.6 is 11.6 Å². The van der Waals surface area contributed by atoms with Crippen molar-refractivity contribution in [3.05, 3.63) is 58.1 Å². The van der Waals surface area contributed by atoms with Crippen LogP contribution in [0.5, 0.6) is 5.75 Å². The molecule has 1 fully saturated rings. The lowest BCUT2D eigenvalue weighted by atomic mass is 10.1. The fourth-order valence-electron chi connectivity index (χ4n) is 3.26. The zero-order chi connectivity index (χ0) is 19.4. The van der Waals surface area contributed by atoms with Gasteiger partial charge in [-0.3, -0.25) is 9.59 Å². The maximum absolute atomic E-state index is 12.7. The predicted octanol–water partition coefficient (Wildman–Crippen LogP) is 4.58. The Morgan fingerprint density at radius 3 is 2.41 bits per heavy atom. The van der Waals surface area contributed by atoms with Crippen LogP contribution in [0.1, 0.15) is 52.0 Å². The van der Waals surface area contributed by atoms with Crippen molar-refractivity contribution in [3.8, 4) is 5.75 Å². The third-order valence-corrected chi connectivity index (χ3v) is 5.21. The molecule has 142 valence electrons. The smallest absolute Gasteiger partial charge is 0.255 e. The Kier molecular flexibility index (Phi) is 6.01. The van der Waals surface area contributed by atoms with Crippen molar-refractivity contribution >= 4 is 29.1 Å². The molecule has 5 nitrogen and oxygen atoms in total. The van der Waals surface area contributed by atoms with E-state index in [1.807, 2.05) is 6.92 Å². The van der Waals surface area contributed by atoms with Gasteiger partial charge in [-0.25, -0.2) is 0 Å². The Morgan fingerprint density at radius 2 is 1.74 bits per heavy atom. The topological polar surface area (TPSA) is 67.4 Å². The molecule has 2 N–H and O–H groups in total. The SMILES string of the molecule is COc1cc(Cl)c(C)cc1NC(=O)c1cccc(C(=O)NC2CCCC2)c1. The number of rotatable bonds is 5. The fraction of sp³-hybridized carbons (Fsp3) is 0.333. The van der Waals surface area contributed by atoms with Gasteiger partial charge in [0.25, 0.3) is 11.8 Å². The van der Waals surface area contributed by atoms with E-state index >= 15 is 0 Å². The zero-order valence-electron chi connectivity index (χ0n) is 15.5. The number of hydrogen-bond acceptors (Lipinski definition) is 3. The van der Waals surface area contributed by atoms with E-state index in [9.17, 15) is 9.59 Å². The van der Waals surface area contributed by atoms with E-state index in [4.69, 9.17) is 16.3 Å². The second-order valence-corrected chi connectivity index (χ2v) is 7.20. The highest BCUT2D eigenvalue weighted by Crippen LogP contribution is 2.31. The molecule has 2 amide bonds. The highest BCUT2D eigenvalue weighted by Gasteiger charge is 2.19. The molecule has 0 aromatic heterocycles. The van der Waals surface area contributed by atoms with Gasteiger partial charge in [0.15, 0.2) is 0 Å². The molecule has 27 heavy (non-hydrogen) atoms. The molecule has 0 atom stereocenters. The average molecular weight is 387 g/mol. The van der Waals surface area contributed by atoms with Gasteiger partial charge in [-0.05, 0) is 49.6 Å². The Balaban J connectivity index is 1.75. The zero-order valence-corrected chi connectivity index (χ0v) is 16.2. The van der Waals surface area contributed by atoms with Crippen molar-refractivity contribution < 1.29 is 14.3 Å². The minimum atomic E-state index is -0.314. The van der Waals surface area contributed by atoms with E-state index in [0.717, 1.165) is 31.2 Å². The molecular formula is C21H23ClN2O3. The van der Waals surface area contributed by atoms with Gasteiger partial charge >= 0.3 is 0 Å². The van der Waals surface area contributed by atoms with E-state index in [1.165, 1.54) is 7.11 Å². The van der Waals surface area contributed by atoms with Crippen molar-refractivity contribution in [3.63, 3.8) is 0 Å². The number of hydrogen-bond donors (Lipinski definition) is 2. The molecule has 0 aliphatic heterocycles. The molecule has 6 heteroatoms. The van der Waals surface area contributed by atoms with Gasteiger partial charge < -0.3 is 15.4 Å². The minimum absolute atomic E-state index is 0.142. The normalized spacial score (nSPS) is 14.0. The molecular weight excluding hydrogens is 364 g/mol. The highest BCUT2D eigenvalue weighted by atomic mass is 35.5. The van der Waals surface area contributed by atoms with Crippen LogP contribution in [0, 0.1) is 6.92 Å². The summed E-state index contributed by atoms with van der Waals surface area (Å²) < 4.78 is 5.29. The van der Waals surface area contributed by atoms with Crippen LogP contribution in [0.15, 0.2) is 36.4 Å². The van der Waals surface area contributed by atoms with Gasteiger partial charge in [-0.1, -0.05) is 30.5 Å². The largest absolute Gasteiger partial charge is 0.495 e.